The van der Waals surface area contributed by atoms with Gasteiger partial charge in [-0.25, -0.2) is 0 Å². The van der Waals surface area contributed by atoms with Crippen molar-refractivity contribution < 1.29 is 4.79 Å². The van der Waals surface area contributed by atoms with Gasteiger partial charge in [-0.2, -0.15) is 12.6 Å². The second-order valence-corrected chi connectivity index (χ2v) is 6.51. The molecule has 0 spiro atoms. The number of carbonyl (C=O) groups excluding carboxylic acids is 1. The third-order valence-corrected chi connectivity index (χ3v) is 5.45. The first-order valence-corrected chi connectivity index (χ1v) is 7.97. The van der Waals surface area contributed by atoms with Crippen LogP contribution in [0.15, 0.2) is 0 Å². The van der Waals surface area contributed by atoms with Gasteiger partial charge in [0.1, 0.15) is 5.01 Å². The highest BCUT2D eigenvalue weighted by atomic mass is 32.1. The van der Waals surface area contributed by atoms with E-state index in [4.69, 9.17) is 0 Å². The molecular weight excluding hydrogens is 266 g/mol. The molecule has 2 aliphatic rings. The fraction of sp³-hybridized carbons (Fsp3) is 0.750. The highest BCUT2D eigenvalue weighted by Gasteiger charge is 2.32. The fourth-order valence-electron chi connectivity index (χ4n) is 2.76. The number of hydrogen-bond acceptors (Lipinski definition) is 5. The largest absolute Gasteiger partial charge is 0.286 e. The standard InChI is InChI=1S/C12H17N3OS2/c16-10-5-8(7-17)6-15(10)12-14-13-11(18-12)9-3-1-2-4-9/h8-9,17H,1-7H2. The zero-order valence-corrected chi connectivity index (χ0v) is 11.9. The summed E-state index contributed by atoms with van der Waals surface area (Å²) in [6.45, 7) is 0.752. The Balaban J connectivity index is 1.74. The van der Waals surface area contributed by atoms with Crippen molar-refractivity contribution in [2.75, 3.05) is 17.2 Å². The number of anilines is 1. The van der Waals surface area contributed by atoms with Crippen LogP contribution in [0.4, 0.5) is 5.13 Å². The van der Waals surface area contributed by atoms with E-state index in [2.05, 4.69) is 22.8 Å². The molecule has 1 saturated carbocycles. The third-order valence-electron chi connectivity index (χ3n) is 3.83. The normalized spacial score (nSPS) is 25.3. The molecule has 0 bridgehead atoms. The van der Waals surface area contributed by atoms with Gasteiger partial charge in [0.2, 0.25) is 11.0 Å². The zero-order chi connectivity index (χ0) is 12.5. The van der Waals surface area contributed by atoms with E-state index in [0.717, 1.165) is 22.4 Å². The molecule has 1 unspecified atom stereocenters. The van der Waals surface area contributed by atoms with E-state index in [1.165, 1.54) is 25.7 Å². The van der Waals surface area contributed by atoms with Crippen LogP contribution in [-0.2, 0) is 4.79 Å². The van der Waals surface area contributed by atoms with E-state index < -0.39 is 0 Å². The van der Waals surface area contributed by atoms with Gasteiger partial charge in [0.25, 0.3) is 0 Å². The number of aromatic nitrogens is 2. The van der Waals surface area contributed by atoms with Gasteiger partial charge in [0.05, 0.1) is 0 Å². The molecule has 2 heterocycles. The Morgan fingerprint density at radius 1 is 1.33 bits per heavy atom. The first kappa shape index (κ1) is 12.4. The molecule has 2 fully saturated rings. The van der Waals surface area contributed by atoms with E-state index in [1.807, 2.05) is 0 Å². The molecule has 3 rings (SSSR count). The summed E-state index contributed by atoms with van der Waals surface area (Å²) in [5.74, 6) is 1.87. The number of thiol groups is 1. The van der Waals surface area contributed by atoms with E-state index in [9.17, 15) is 4.79 Å². The van der Waals surface area contributed by atoms with Gasteiger partial charge in [0.15, 0.2) is 0 Å². The maximum Gasteiger partial charge on any atom is 0.229 e. The summed E-state index contributed by atoms with van der Waals surface area (Å²) in [7, 11) is 0. The molecule has 98 valence electrons. The average molecular weight is 283 g/mol. The Bertz CT molecular complexity index is 442. The van der Waals surface area contributed by atoms with Crippen molar-refractivity contribution in [1.82, 2.24) is 10.2 Å². The predicted octanol–water partition coefficient (Wildman–Crippen LogP) is 2.48. The molecule has 1 aromatic heterocycles. The van der Waals surface area contributed by atoms with Crippen LogP contribution in [0.5, 0.6) is 0 Å². The number of rotatable bonds is 3. The first-order valence-electron chi connectivity index (χ1n) is 6.52. The minimum absolute atomic E-state index is 0.170. The zero-order valence-electron chi connectivity index (χ0n) is 10.2. The topological polar surface area (TPSA) is 46.1 Å². The van der Waals surface area contributed by atoms with E-state index in [1.54, 1.807) is 16.2 Å². The van der Waals surface area contributed by atoms with Gasteiger partial charge in [-0.1, -0.05) is 24.2 Å². The minimum Gasteiger partial charge on any atom is -0.286 e. The highest BCUT2D eigenvalue weighted by Crippen LogP contribution is 2.38. The second kappa shape index (κ2) is 5.17. The van der Waals surface area contributed by atoms with Crippen molar-refractivity contribution in [2.24, 2.45) is 5.92 Å². The quantitative estimate of drug-likeness (QED) is 0.867. The van der Waals surface area contributed by atoms with Gasteiger partial charge < -0.3 is 0 Å². The van der Waals surface area contributed by atoms with Crippen molar-refractivity contribution >= 4 is 35.0 Å². The maximum atomic E-state index is 11.9. The summed E-state index contributed by atoms with van der Waals surface area (Å²) >= 11 is 5.88. The number of amides is 1. The van der Waals surface area contributed by atoms with Crippen LogP contribution in [0.3, 0.4) is 0 Å². The van der Waals surface area contributed by atoms with Crippen molar-refractivity contribution in [1.29, 1.82) is 0 Å². The third kappa shape index (κ3) is 2.28. The summed E-state index contributed by atoms with van der Waals surface area (Å²) in [6, 6.07) is 0. The van der Waals surface area contributed by atoms with Gasteiger partial charge in [0, 0.05) is 18.9 Å². The fourth-order valence-corrected chi connectivity index (χ4v) is 4.05. The Morgan fingerprint density at radius 3 is 2.78 bits per heavy atom. The molecule has 18 heavy (non-hydrogen) atoms. The van der Waals surface area contributed by atoms with Gasteiger partial charge in [-0.3, -0.25) is 9.69 Å². The predicted molar refractivity (Wildman–Crippen MR) is 75.4 cm³/mol. The van der Waals surface area contributed by atoms with Crippen molar-refractivity contribution in [3.8, 4) is 0 Å². The van der Waals surface area contributed by atoms with E-state index in [-0.39, 0.29) is 5.91 Å². The lowest BCUT2D eigenvalue weighted by molar-refractivity contribution is -0.117. The van der Waals surface area contributed by atoms with Crippen molar-refractivity contribution in [3.05, 3.63) is 5.01 Å². The van der Waals surface area contributed by atoms with Crippen LogP contribution in [0, 0.1) is 5.92 Å². The molecule has 1 saturated heterocycles. The van der Waals surface area contributed by atoms with Crippen LogP contribution >= 0.6 is 24.0 Å². The molecule has 1 aliphatic heterocycles. The lowest BCUT2D eigenvalue weighted by atomic mass is 10.1. The molecular formula is C12H17N3OS2. The Morgan fingerprint density at radius 2 is 2.11 bits per heavy atom. The highest BCUT2D eigenvalue weighted by molar-refractivity contribution is 7.80. The van der Waals surface area contributed by atoms with Gasteiger partial charge >= 0.3 is 0 Å². The van der Waals surface area contributed by atoms with Crippen molar-refractivity contribution in [2.45, 2.75) is 38.0 Å². The van der Waals surface area contributed by atoms with Gasteiger partial charge in [-0.15, -0.1) is 10.2 Å². The molecule has 0 N–H and O–H groups in total. The second-order valence-electron chi connectivity index (χ2n) is 5.16. The first-order chi connectivity index (χ1) is 8.78. The van der Waals surface area contributed by atoms with Crippen LogP contribution in [0.25, 0.3) is 0 Å². The summed E-state index contributed by atoms with van der Waals surface area (Å²) in [4.78, 5) is 13.7. The monoisotopic (exact) mass is 283 g/mol. The van der Waals surface area contributed by atoms with Crippen LogP contribution < -0.4 is 4.90 Å². The number of nitrogens with zero attached hydrogens (tertiary/aromatic N) is 3. The minimum atomic E-state index is 0.170. The lowest BCUT2D eigenvalue weighted by Crippen LogP contribution is -2.24. The maximum absolute atomic E-state index is 11.9. The Kier molecular flexibility index (Phi) is 3.56. The smallest absolute Gasteiger partial charge is 0.229 e. The molecule has 6 heteroatoms. The summed E-state index contributed by atoms with van der Waals surface area (Å²) in [5, 5.41) is 10.4. The SMILES string of the molecule is O=C1CC(CS)CN1c1nnc(C2CCCC2)s1. The summed E-state index contributed by atoms with van der Waals surface area (Å²) in [6.07, 6.45) is 5.64. The number of hydrogen-bond donors (Lipinski definition) is 1. The average Bonchev–Trinajstić information content (AvgIpc) is 3.08. The Hall–Kier alpha value is -0.620. The molecule has 4 nitrogen and oxygen atoms in total. The van der Waals surface area contributed by atoms with Crippen molar-refractivity contribution in [3.63, 3.8) is 0 Å². The van der Waals surface area contributed by atoms with Crippen LogP contribution in [-0.4, -0.2) is 28.4 Å². The molecule has 1 atom stereocenters. The molecule has 0 radical (unpaired) electrons. The summed E-state index contributed by atoms with van der Waals surface area (Å²) < 4.78 is 0. The molecule has 0 aromatic carbocycles. The number of carbonyl (C=O) groups is 1. The molecule has 1 aromatic rings. The van der Waals surface area contributed by atoms with Gasteiger partial charge in [-0.05, 0) is 24.5 Å². The van der Waals surface area contributed by atoms with E-state index in [0.29, 0.717) is 18.3 Å². The lowest BCUT2D eigenvalue weighted by Gasteiger charge is -2.11. The van der Waals surface area contributed by atoms with Crippen LogP contribution in [0.2, 0.25) is 0 Å². The van der Waals surface area contributed by atoms with Crippen LogP contribution in [0.1, 0.15) is 43.0 Å². The summed E-state index contributed by atoms with van der Waals surface area (Å²) in [5.41, 5.74) is 0. The Labute approximate surface area is 116 Å². The molecule has 1 amide bonds. The van der Waals surface area contributed by atoms with E-state index >= 15 is 0 Å². The molecule has 1 aliphatic carbocycles.